The van der Waals surface area contributed by atoms with Gasteiger partial charge < -0.3 is 15.3 Å². The number of carboxylic acid groups (broad SMARTS) is 1. The summed E-state index contributed by atoms with van der Waals surface area (Å²) >= 11 is 0. The van der Waals surface area contributed by atoms with Gasteiger partial charge >= 0.3 is 12.0 Å². The van der Waals surface area contributed by atoms with Gasteiger partial charge in [0, 0.05) is 19.6 Å². The van der Waals surface area contributed by atoms with Crippen LogP contribution in [0.1, 0.15) is 27.2 Å². The molecule has 20 heavy (non-hydrogen) atoms. The number of urea groups is 1. The Morgan fingerprint density at radius 1 is 1.25 bits per heavy atom. The van der Waals surface area contributed by atoms with Gasteiger partial charge in [-0.2, -0.15) is 0 Å². The van der Waals surface area contributed by atoms with E-state index in [1.165, 1.54) is 4.90 Å². The van der Waals surface area contributed by atoms with Gasteiger partial charge in [0.05, 0.1) is 5.92 Å². The average molecular weight is 282 g/mol. The summed E-state index contributed by atoms with van der Waals surface area (Å²) in [5.41, 5.74) is -0.101. The van der Waals surface area contributed by atoms with E-state index < -0.39 is 11.9 Å². The zero-order valence-electron chi connectivity index (χ0n) is 12.7. The second-order valence-corrected chi connectivity index (χ2v) is 5.97. The topological polar surface area (TPSA) is 69.6 Å². The first-order valence-electron chi connectivity index (χ1n) is 6.68. The predicted octanol–water partition coefficient (Wildman–Crippen LogP) is 2.51. The maximum Gasteiger partial charge on any atom is 0.317 e. The molecule has 114 valence electrons. The highest BCUT2D eigenvalue weighted by molar-refractivity contribution is 5.76. The lowest BCUT2D eigenvalue weighted by Crippen LogP contribution is -2.43. The zero-order valence-corrected chi connectivity index (χ0v) is 12.7. The molecule has 5 heteroatoms. The molecule has 0 bridgehead atoms. The van der Waals surface area contributed by atoms with E-state index in [-0.39, 0.29) is 18.0 Å². The van der Waals surface area contributed by atoms with Crippen LogP contribution in [0.15, 0.2) is 25.3 Å². The summed E-state index contributed by atoms with van der Waals surface area (Å²) in [5, 5.41) is 11.9. The van der Waals surface area contributed by atoms with E-state index in [2.05, 4.69) is 18.5 Å². The molecule has 0 spiro atoms. The molecule has 5 nitrogen and oxygen atoms in total. The lowest BCUT2D eigenvalue weighted by molar-refractivity contribution is -0.142. The van der Waals surface area contributed by atoms with E-state index >= 15 is 0 Å². The van der Waals surface area contributed by atoms with E-state index in [1.807, 2.05) is 20.8 Å². The quantitative estimate of drug-likeness (QED) is 0.672. The predicted molar refractivity (Wildman–Crippen MR) is 80.6 cm³/mol. The molecule has 2 N–H and O–H groups in total. The van der Waals surface area contributed by atoms with Crippen LogP contribution in [-0.4, -0.2) is 41.6 Å². The van der Waals surface area contributed by atoms with E-state index in [1.54, 1.807) is 12.2 Å². The number of nitrogens with zero attached hydrogens (tertiary/aromatic N) is 1. The molecule has 0 aliphatic heterocycles. The Hall–Kier alpha value is -1.78. The van der Waals surface area contributed by atoms with Crippen molar-refractivity contribution in [3.8, 4) is 0 Å². The van der Waals surface area contributed by atoms with Gasteiger partial charge in [0.25, 0.3) is 0 Å². The molecule has 0 fully saturated rings. The molecule has 0 radical (unpaired) electrons. The SMILES string of the molecule is C=CCN(CC=C)C(=O)NCC(CC(C)(C)C)C(=O)O. The first-order valence-corrected chi connectivity index (χ1v) is 6.68. The fourth-order valence-electron chi connectivity index (χ4n) is 1.86. The molecule has 0 saturated heterocycles. The van der Waals surface area contributed by atoms with Gasteiger partial charge in [0.2, 0.25) is 0 Å². The van der Waals surface area contributed by atoms with Crippen LogP contribution in [0.3, 0.4) is 0 Å². The third kappa shape index (κ3) is 7.61. The summed E-state index contributed by atoms with van der Waals surface area (Å²) in [6.07, 6.45) is 3.74. The summed E-state index contributed by atoms with van der Waals surface area (Å²) in [4.78, 5) is 24.7. The average Bonchev–Trinajstić information content (AvgIpc) is 2.32. The standard InChI is InChI=1S/C15H26N2O3/c1-6-8-17(9-7-2)14(20)16-11-12(13(18)19)10-15(3,4)5/h6-7,12H,1-2,8-11H2,3-5H3,(H,16,20)(H,18,19). The summed E-state index contributed by atoms with van der Waals surface area (Å²) in [6.45, 7) is 14.0. The Balaban J connectivity index is 4.52. The normalized spacial score (nSPS) is 12.3. The van der Waals surface area contributed by atoms with Crippen molar-refractivity contribution in [3.63, 3.8) is 0 Å². The lowest BCUT2D eigenvalue weighted by Gasteiger charge is -2.25. The van der Waals surface area contributed by atoms with Crippen LogP contribution in [0, 0.1) is 11.3 Å². The number of carbonyl (C=O) groups is 2. The van der Waals surface area contributed by atoms with Gasteiger partial charge in [-0.25, -0.2) is 4.79 Å². The fourth-order valence-corrected chi connectivity index (χ4v) is 1.86. The summed E-state index contributed by atoms with van der Waals surface area (Å²) in [5.74, 6) is -1.48. The first-order chi connectivity index (χ1) is 9.21. The summed E-state index contributed by atoms with van der Waals surface area (Å²) in [7, 11) is 0. The Kier molecular flexibility index (Phi) is 7.65. The van der Waals surface area contributed by atoms with Crippen LogP contribution in [0.4, 0.5) is 4.79 Å². The van der Waals surface area contributed by atoms with Crippen LogP contribution < -0.4 is 5.32 Å². The van der Waals surface area contributed by atoms with Gasteiger partial charge in [-0.1, -0.05) is 32.9 Å². The molecular formula is C15H26N2O3. The Bertz CT molecular complexity index is 349. The number of rotatable bonds is 8. The van der Waals surface area contributed by atoms with Crippen LogP contribution in [0.5, 0.6) is 0 Å². The molecule has 0 aliphatic rings. The number of hydrogen-bond donors (Lipinski definition) is 2. The van der Waals surface area contributed by atoms with Gasteiger partial charge in [-0.15, -0.1) is 13.2 Å². The number of aliphatic carboxylic acids is 1. The molecule has 0 rings (SSSR count). The van der Waals surface area contributed by atoms with Gasteiger partial charge in [0.15, 0.2) is 0 Å². The van der Waals surface area contributed by atoms with Crippen LogP contribution in [-0.2, 0) is 4.79 Å². The Morgan fingerprint density at radius 3 is 2.10 bits per heavy atom. The van der Waals surface area contributed by atoms with E-state index in [4.69, 9.17) is 0 Å². The second-order valence-electron chi connectivity index (χ2n) is 5.97. The highest BCUT2D eigenvalue weighted by Gasteiger charge is 2.25. The number of carboxylic acids is 1. The van der Waals surface area contributed by atoms with Crippen LogP contribution >= 0.6 is 0 Å². The van der Waals surface area contributed by atoms with Crippen molar-refractivity contribution in [3.05, 3.63) is 25.3 Å². The number of hydrogen-bond acceptors (Lipinski definition) is 2. The minimum Gasteiger partial charge on any atom is -0.481 e. The molecule has 0 aliphatic carbocycles. The Labute approximate surface area is 121 Å². The van der Waals surface area contributed by atoms with Gasteiger partial charge in [0.1, 0.15) is 0 Å². The van der Waals surface area contributed by atoms with Crippen LogP contribution in [0.2, 0.25) is 0 Å². The van der Waals surface area contributed by atoms with Gasteiger partial charge in [-0.3, -0.25) is 4.79 Å². The minimum absolute atomic E-state index is 0.101. The van der Waals surface area contributed by atoms with Crippen molar-refractivity contribution in [1.82, 2.24) is 10.2 Å². The van der Waals surface area contributed by atoms with E-state index in [0.29, 0.717) is 19.5 Å². The lowest BCUT2D eigenvalue weighted by atomic mass is 9.84. The smallest absolute Gasteiger partial charge is 0.317 e. The van der Waals surface area contributed by atoms with Crippen molar-refractivity contribution in [2.24, 2.45) is 11.3 Å². The largest absolute Gasteiger partial charge is 0.481 e. The summed E-state index contributed by atoms with van der Waals surface area (Å²) < 4.78 is 0. The van der Waals surface area contributed by atoms with Crippen molar-refractivity contribution in [1.29, 1.82) is 0 Å². The number of amides is 2. The highest BCUT2D eigenvalue weighted by Crippen LogP contribution is 2.24. The molecule has 0 aromatic rings. The maximum absolute atomic E-state index is 11.9. The van der Waals surface area contributed by atoms with Crippen molar-refractivity contribution in [2.75, 3.05) is 19.6 Å². The van der Waals surface area contributed by atoms with Gasteiger partial charge in [-0.05, 0) is 11.8 Å². The fraction of sp³-hybridized carbons (Fsp3) is 0.600. The highest BCUT2D eigenvalue weighted by atomic mass is 16.4. The van der Waals surface area contributed by atoms with E-state index in [0.717, 1.165) is 0 Å². The minimum atomic E-state index is -0.890. The molecule has 0 aromatic carbocycles. The number of nitrogens with one attached hydrogen (secondary N) is 1. The molecule has 0 aromatic heterocycles. The molecule has 1 unspecified atom stereocenters. The number of carbonyl (C=O) groups excluding carboxylic acids is 1. The molecule has 1 atom stereocenters. The van der Waals surface area contributed by atoms with Crippen molar-refractivity contribution >= 4 is 12.0 Å². The van der Waals surface area contributed by atoms with Crippen LogP contribution in [0.25, 0.3) is 0 Å². The third-order valence-corrected chi connectivity index (χ3v) is 2.69. The molecular weight excluding hydrogens is 256 g/mol. The van der Waals surface area contributed by atoms with Crippen molar-refractivity contribution in [2.45, 2.75) is 27.2 Å². The third-order valence-electron chi connectivity index (χ3n) is 2.69. The summed E-state index contributed by atoms with van der Waals surface area (Å²) in [6, 6.07) is -0.301. The molecule has 0 saturated carbocycles. The first kappa shape index (κ1) is 18.2. The van der Waals surface area contributed by atoms with E-state index in [9.17, 15) is 14.7 Å². The maximum atomic E-state index is 11.9. The zero-order chi connectivity index (χ0) is 15.8. The monoisotopic (exact) mass is 282 g/mol. The molecule has 0 heterocycles. The molecule has 2 amide bonds. The Morgan fingerprint density at radius 2 is 1.75 bits per heavy atom. The second kappa shape index (κ2) is 8.40. The van der Waals surface area contributed by atoms with Crippen molar-refractivity contribution < 1.29 is 14.7 Å².